The Balaban J connectivity index is 2.72. The lowest BCUT2D eigenvalue weighted by molar-refractivity contribution is -0.661. The molecule has 0 aliphatic rings. The molecule has 0 amide bonds. The fourth-order valence-corrected chi connectivity index (χ4v) is 3.35. The van der Waals surface area contributed by atoms with Crippen LogP contribution in [0.15, 0.2) is 30.5 Å². The number of benzene rings is 1. The van der Waals surface area contributed by atoms with Crippen LogP contribution in [0, 0.1) is 6.92 Å². The number of rotatable bonds is 2. The van der Waals surface area contributed by atoms with Crippen molar-refractivity contribution in [3.05, 3.63) is 52.7 Å². The molecule has 1 aromatic heterocycles. The molecule has 0 atom stereocenters. The second-order valence-electron chi connectivity index (χ2n) is 9.63. The first kappa shape index (κ1) is 18.2. The average Bonchev–Trinajstić information content (AvgIpc) is 2.44. The van der Waals surface area contributed by atoms with Gasteiger partial charge in [0.15, 0.2) is 6.20 Å². The third-order valence-corrected chi connectivity index (χ3v) is 4.99. The van der Waals surface area contributed by atoms with Crippen LogP contribution in [0.5, 0.6) is 0 Å². The van der Waals surface area contributed by atoms with E-state index in [1.807, 2.05) is 13.8 Å². The predicted molar refractivity (Wildman–Crippen MR) is 109 cm³/mol. The van der Waals surface area contributed by atoms with E-state index in [0.717, 1.165) is 5.56 Å². The minimum atomic E-state index is -0.634. The molecule has 0 saturated carbocycles. The summed E-state index contributed by atoms with van der Waals surface area (Å²) in [6.45, 7) is 19.6. The molecule has 1 heterocycles. The molecule has 0 spiro atoms. The lowest BCUT2D eigenvalue weighted by Gasteiger charge is -2.24. The molecule has 2 rings (SSSR count). The van der Waals surface area contributed by atoms with Crippen LogP contribution in [0.4, 0.5) is 0 Å². The van der Waals surface area contributed by atoms with Gasteiger partial charge in [0, 0.05) is 18.6 Å². The van der Waals surface area contributed by atoms with Crippen molar-refractivity contribution in [2.45, 2.75) is 79.0 Å². The van der Waals surface area contributed by atoms with E-state index < -0.39 is 5.89 Å². The number of hydrogen-bond donors (Lipinski definition) is 0. The van der Waals surface area contributed by atoms with Crippen molar-refractivity contribution in [1.29, 1.82) is 0 Å². The zero-order valence-corrected chi connectivity index (χ0v) is 17.8. The van der Waals surface area contributed by atoms with Crippen LogP contribution in [0.1, 0.15) is 84.9 Å². The molecule has 0 N–H and O–H groups in total. The second kappa shape index (κ2) is 6.59. The van der Waals surface area contributed by atoms with E-state index in [1.54, 1.807) is 0 Å². The van der Waals surface area contributed by atoms with E-state index in [4.69, 9.17) is 1.37 Å². The lowest BCUT2D eigenvalue weighted by atomic mass is 9.81. The van der Waals surface area contributed by atoms with Gasteiger partial charge in [0.05, 0.1) is 0 Å². The predicted octanol–water partition coefficient (Wildman–Crippen LogP) is 6.20. The molecule has 1 aromatic carbocycles. The molecule has 0 fully saturated rings. The Hall–Kier alpha value is -1.63. The third-order valence-electron chi connectivity index (χ3n) is 4.99. The van der Waals surface area contributed by atoms with Gasteiger partial charge < -0.3 is 0 Å². The SMILES string of the molecule is [2H]C(C)(C)c1cc(-c2ccc(C(C)(C)C)cc2C)[n+](C)cc1C(C)(C)C. The van der Waals surface area contributed by atoms with Gasteiger partial charge in [-0.3, -0.25) is 0 Å². The van der Waals surface area contributed by atoms with E-state index in [1.165, 1.54) is 27.9 Å². The summed E-state index contributed by atoms with van der Waals surface area (Å²) in [5, 5.41) is 0. The van der Waals surface area contributed by atoms with E-state index in [9.17, 15) is 0 Å². The Morgan fingerprint density at radius 3 is 2.00 bits per heavy atom. The molecule has 0 radical (unpaired) electrons. The van der Waals surface area contributed by atoms with Gasteiger partial charge >= 0.3 is 0 Å². The Morgan fingerprint density at radius 2 is 1.56 bits per heavy atom. The van der Waals surface area contributed by atoms with Crippen LogP contribution < -0.4 is 4.57 Å². The fourth-order valence-electron chi connectivity index (χ4n) is 3.35. The molecular weight excluding hydrogens is 302 g/mol. The highest BCUT2D eigenvalue weighted by Gasteiger charge is 2.26. The van der Waals surface area contributed by atoms with Crippen LogP contribution in [-0.2, 0) is 17.9 Å². The quantitative estimate of drug-likeness (QED) is 0.573. The largest absolute Gasteiger partial charge is 0.212 e. The smallest absolute Gasteiger partial charge is 0.201 e. The number of hydrogen-bond acceptors (Lipinski definition) is 0. The topological polar surface area (TPSA) is 3.88 Å². The molecule has 0 aliphatic heterocycles. The summed E-state index contributed by atoms with van der Waals surface area (Å²) in [5.41, 5.74) is 7.56. The first-order valence-electron chi connectivity index (χ1n) is 9.78. The van der Waals surface area contributed by atoms with Gasteiger partial charge in [-0.25, -0.2) is 4.57 Å². The van der Waals surface area contributed by atoms with Crippen molar-refractivity contribution in [2.75, 3.05) is 0 Å². The van der Waals surface area contributed by atoms with Gasteiger partial charge in [0.2, 0.25) is 5.69 Å². The summed E-state index contributed by atoms with van der Waals surface area (Å²) in [5.74, 6) is -0.634. The highest BCUT2D eigenvalue weighted by atomic mass is 14.9. The molecule has 136 valence electrons. The van der Waals surface area contributed by atoms with Crippen LogP contribution >= 0.6 is 0 Å². The molecule has 25 heavy (non-hydrogen) atoms. The molecule has 1 heteroatoms. The van der Waals surface area contributed by atoms with Gasteiger partial charge in [-0.1, -0.05) is 67.5 Å². The standard InChI is InChI=1S/C24H36N/c1-16(2)20-14-22(25(10)15-21(20)24(7,8)9)19-12-11-18(13-17(19)3)23(4,5)6/h11-16H,1-10H3/q+1/i16D. The van der Waals surface area contributed by atoms with Crippen molar-refractivity contribution < 1.29 is 5.94 Å². The molecule has 0 aliphatic carbocycles. The third kappa shape index (κ3) is 4.14. The van der Waals surface area contributed by atoms with Crippen LogP contribution in [-0.4, -0.2) is 0 Å². The number of pyridine rings is 1. The number of aryl methyl sites for hydroxylation is 2. The Kier molecular flexibility index (Phi) is 4.79. The zero-order valence-electron chi connectivity index (χ0n) is 18.8. The minimum absolute atomic E-state index is 0.00901. The lowest BCUT2D eigenvalue weighted by Crippen LogP contribution is -2.34. The zero-order chi connectivity index (χ0) is 20.1. The van der Waals surface area contributed by atoms with Gasteiger partial charge in [-0.2, -0.15) is 0 Å². The highest BCUT2D eigenvalue weighted by molar-refractivity contribution is 5.63. The van der Waals surface area contributed by atoms with Gasteiger partial charge in [0.25, 0.3) is 0 Å². The summed E-state index contributed by atoms with van der Waals surface area (Å²) >= 11 is 0. The highest BCUT2D eigenvalue weighted by Crippen LogP contribution is 2.33. The van der Waals surface area contributed by atoms with Crippen molar-refractivity contribution in [2.24, 2.45) is 7.05 Å². The van der Waals surface area contributed by atoms with Gasteiger partial charge in [-0.05, 0) is 46.4 Å². The molecule has 0 bridgehead atoms. The molecular formula is C24H36N+. The van der Waals surface area contributed by atoms with Crippen molar-refractivity contribution >= 4 is 0 Å². The number of aromatic nitrogens is 1. The van der Waals surface area contributed by atoms with E-state index >= 15 is 0 Å². The van der Waals surface area contributed by atoms with Gasteiger partial charge in [-0.15, -0.1) is 0 Å². The van der Waals surface area contributed by atoms with E-state index in [2.05, 4.69) is 90.5 Å². The van der Waals surface area contributed by atoms with Crippen molar-refractivity contribution in [1.82, 2.24) is 0 Å². The first-order chi connectivity index (χ1) is 11.6. The summed E-state index contributed by atoms with van der Waals surface area (Å²) in [6, 6.07) is 9.01. The number of nitrogens with zero attached hydrogens (tertiary/aromatic N) is 1. The Bertz CT molecular complexity index is 812. The molecule has 0 unspecified atom stereocenters. The first-order valence-corrected chi connectivity index (χ1v) is 9.28. The maximum absolute atomic E-state index is 8.68. The van der Waals surface area contributed by atoms with Crippen LogP contribution in [0.2, 0.25) is 0 Å². The molecule has 0 saturated heterocycles. The fraction of sp³-hybridized carbons (Fsp3) is 0.542. The van der Waals surface area contributed by atoms with Crippen LogP contribution in [0.25, 0.3) is 11.3 Å². The van der Waals surface area contributed by atoms with Crippen LogP contribution in [0.3, 0.4) is 0 Å². The summed E-state index contributed by atoms with van der Waals surface area (Å²) in [4.78, 5) is 0. The minimum Gasteiger partial charge on any atom is -0.201 e. The Labute approximate surface area is 156 Å². The summed E-state index contributed by atoms with van der Waals surface area (Å²) in [6.07, 6.45) is 2.22. The summed E-state index contributed by atoms with van der Waals surface area (Å²) < 4.78 is 10.9. The maximum Gasteiger partial charge on any atom is 0.212 e. The summed E-state index contributed by atoms with van der Waals surface area (Å²) in [7, 11) is 2.11. The normalized spacial score (nSPS) is 13.8. The van der Waals surface area contributed by atoms with Gasteiger partial charge in [0.1, 0.15) is 7.05 Å². The monoisotopic (exact) mass is 339 g/mol. The van der Waals surface area contributed by atoms with E-state index in [0.29, 0.717) is 0 Å². The second-order valence-corrected chi connectivity index (χ2v) is 9.63. The molecule has 1 nitrogen and oxygen atoms in total. The van der Waals surface area contributed by atoms with Crippen molar-refractivity contribution in [3.63, 3.8) is 0 Å². The maximum atomic E-state index is 8.68. The van der Waals surface area contributed by atoms with E-state index in [-0.39, 0.29) is 10.8 Å². The molecule has 2 aromatic rings. The van der Waals surface area contributed by atoms with Crippen molar-refractivity contribution in [3.8, 4) is 11.3 Å². The Morgan fingerprint density at radius 1 is 0.960 bits per heavy atom. The average molecular weight is 340 g/mol.